The zero-order chi connectivity index (χ0) is 9.26. The molecule has 0 radical (unpaired) electrons. The van der Waals surface area contributed by atoms with Crippen molar-refractivity contribution in [3.63, 3.8) is 0 Å². The van der Waals surface area contributed by atoms with Crippen LogP contribution in [-0.4, -0.2) is 23.3 Å². The molecule has 2 heteroatoms. The van der Waals surface area contributed by atoms with Crippen LogP contribution in [0.1, 0.15) is 45.4 Å². The Morgan fingerprint density at radius 3 is 2.23 bits per heavy atom. The highest BCUT2D eigenvalue weighted by Crippen LogP contribution is 2.27. The van der Waals surface area contributed by atoms with Crippen LogP contribution in [0.25, 0.3) is 0 Å². The first-order chi connectivity index (χ1) is 6.27. The SMILES string of the molecule is CC1CCCC1NC1CCCC1O. The fraction of sp³-hybridized carbons (Fsp3) is 1.00. The predicted molar refractivity (Wildman–Crippen MR) is 53.6 cm³/mol. The van der Waals surface area contributed by atoms with Crippen LogP contribution in [0.2, 0.25) is 0 Å². The van der Waals surface area contributed by atoms with Crippen molar-refractivity contribution in [3.05, 3.63) is 0 Å². The van der Waals surface area contributed by atoms with Gasteiger partial charge in [0.05, 0.1) is 6.10 Å². The van der Waals surface area contributed by atoms with Gasteiger partial charge in [-0.25, -0.2) is 0 Å². The summed E-state index contributed by atoms with van der Waals surface area (Å²) in [6.07, 6.45) is 7.32. The van der Waals surface area contributed by atoms with E-state index in [1.165, 1.54) is 32.1 Å². The molecule has 0 heterocycles. The van der Waals surface area contributed by atoms with Crippen LogP contribution in [-0.2, 0) is 0 Å². The fourth-order valence-electron chi connectivity index (χ4n) is 2.80. The molecule has 2 rings (SSSR count). The monoisotopic (exact) mass is 183 g/mol. The Morgan fingerprint density at radius 2 is 1.69 bits per heavy atom. The summed E-state index contributed by atoms with van der Waals surface area (Å²) in [6, 6.07) is 1.07. The number of aliphatic hydroxyl groups excluding tert-OH is 1. The van der Waals surface area contributed by atoms with Crippen molar-refractivity contribution in [2.75, 3.05) is 0 Å². The molecule has 0 bridgehead atoms. The molecule has 2 nitrogen and oxygen atoms in total. The van der Waals surface area contributed by atoms with Crippen LogP contribution < -0.4 is 5.32 Å². The molecular formula is C11H21NO. The van der Waals surface area contributed by atoms with Gasteiger partial charge in [-0.15, -0.1) is 0 Å². The molecule has 4 unspecified atom stereocenters. The van der Waals surface area contributed by atoms with E-state index in [-0.39, 0.29) is 6.10 Å². The normalized spacial score (nSPS) is 45.7. The summed E-state index contributed by atoms with van der Waals surface area (Å²) in [4.78, 5) is 0. The largest absolute Gasteiger partial charge is 0.392 e. The molecule has 4 atom stereocenters. The average Bonchev–Trinajstić information content (AvgIpc) is 2.65. The molecule has 2 saturated carbocycles. The van der Waals surface area contributed by atoms with Crippen molar-refractivity contribution < 1.29 is 5.11 Å². The van der Waals surface area contributed by atoms with Crippen LogP contribution in [0.5, 0.6) is 0 Å². The second-order valence-electron chi connectivity index (χ2n) is 4.79. The van der Waals surface area contributed by atoms with Crippen molar-refractivity contribution in [1.82, 2.24) is 5.32 Å². The van der Waals surface area contributed by atoms with Gasteiger partial charge in [0, 0.05) is 12.1 Å². The Bertz CT molecular complexity index is 153. The van der Waals surface area contributed by atoms with Crippen molar-refractivity contribution >= 4 is 0 Å². The highest BCUT2D eigenvalue weighted by atomic mass is 16.3. The first-order valence-corrected chi connectivity index (χ1v) is 5.71. The molecule has 2 N–H and O–H groups in total. The van der Waals surface area contributed by atoms with E-state index in [2.05, 4.69) is 12.2 Å². The maximum Gasteiger partial charge on any atom is 0.0693 e. The lowest BCUT2D eigenvalue weighted by Gasteiger charge is -2.24. The summed E-state index contributed by atoms with van der Waals surface area (Å²) < 4.78 is 0. The van der Waals surface area contributed by atoms with E-state index in [0.29, 0.717) is 12.1 Å². The molecule has 76 valence electrons. The Hall–Kier alpha value is -0.0800. The molecule has 0 aromatic carbocycles. The molecule has 0 spiro atoms. The van der Waals surface area contributed by atoms with Crippen LogP contribution in [0.3, 0.4) is 0 Å². The third-order valence-corrected chi connectivity index (χ3v) is 3.77. The van der Waals surface area contributed by atoms with Gasteiger partial charge in [0.2, 0.25) is 0 Å². The van der Waals surface area contributed by atoms with Crippen molar-refractivity contribution in [1.29, 1.82) is 0 Å². The minimum absolute atomic E-state index is 0.0761. The molecule has 0 aliphatic heterocycles. The zero-order valence-corrected chi connectivity index (χ0v) is 8.50. The van der Waals surface area contributed by atoms with Gasteiger partial charge in [0.15, 0.2) is 0 Å². The third kappa shape index (κ3) is 2.05. The van der Waals surface area contributed by atoms with Crippen molar-refractivity contribution in [3.8, 4) is 0 Å². The molecule has 2 fully saturated rings. The second kappa shape index (κ2) is 3.97. The Labute approximate surface area is 80.7 Å². The molecule has 0 aromatic rings. The van der Waals surface area contributed by atoms with Crippen LogP contribution >= 0.6 is 0 Å². The van der Waals surface area contributed by atoms with Crippen LogP contribution in [0, 0.1) is 5.92 Å². The van der Waals surface area contributed by atoms with Gasteiger partial charge in [-0.2, -0.15) is 0 Å². The lowest BCUT2D eigenvalue weighted by atomic mass is 10.0. The minimum Gasteiger partial charge on any atom is -0.392 e. The average molecular weight is 183 g/mol. The Kier molecular flexibility index (Phi) is 2.89. The van der Waals surface area contributed by atoms with E-state index in [9.17, 15) is 5.11 Å². The van der Waals surface area contributed by atoms with Gasteiger partial charge in [-0.05, 0) is 38.0 Å². The summed E-state index contributed by atoms with van der Waals surface area (Å²) in [5, 5.41) is 13.3. The number of hydrogen-bond acceptors (Lipinski definition) is 2. The van der Waals surface area contributed by atoms with Crippen molar-refractivity contribution in [2.45, 2.75) is 63.6 Å². The number of aliphatic hydroxyl groups is 1. The van der Waals surface area contributed by atoms with Crippen molar-refractivity contribution in [2.24, 2.45) is 5.92 Å². The van der Waals surface area contributed by atoms with Gasteiger partial charge < -0.3 is 10.4 Å². The molecule has 0 saturated heterocycles. The maximum atomic E-state index is 9.67. The molecule has 0 amide bonds. The molecular weight excluding hydrogens is 162 g/mol. The van der Waals surface area contributed by atoms with E-state index in [0.717, 1.165) is 12.3 Å². The molecule has 0 aromatic heterocycles. The van der Waals surface area contributed by atoms with E-state index in [1.54, 1.807) is 0 Å². The molecule has 13 heavy (non-hydrogen) atoms. The maximum absolute atomic E-state index is 9.67. The Morgan fingerprint density at radius 1 is 1.00 bits per heavy atom. The number of nitrogens with one attached hydrogen (secondary N) is 1. The minimum atomic E-state index is -0.0761. The van der Waals surface area contributed by atoms with Crippen LogP contribution in [0.4, 0.5) is 0 Å². The first kappa shape index (κ1) is 9.47. The van der Waals surface area contributed by atoms with Gasteiger partial charge in [-0.3, -0.25) is 0 Å². The number of rotatable bonds is 2. The first-order valence-electron chi connectivity index (χ1n) is 5.71. The van der Waals surface area contributed by atoms with E-state index in [4.69, 9.17) is 0 Å². The summed E-state index contributed by atoms with van der Waals surface area (Å²) in [5.74, 6) is 0.813. The predicted octanol–water partition coefficient (Wildman–Crippen LogP) is 1.68. The van der Waals surface area contributed by atoms with Gasteiger partial charge in [-0.1, -0.05) is 13.3 Å². The Balaban J connectivity index is 1.82. The van der Waals surface area contributed by atoms with Gasteiger partial charge >= 0.3 is 0 Å². The fourth-order valence-corrected chi connectivity index (χ4v) is 2.80. The molecule has 2 aliphatic rings. The van der Waals surface area contributed by atoms with Gasteiger partial charge in [0.1, 0.15) is 0 Å². The van der Waals surface area contributed by atoms with E-state index in [1.807, 2.05) is 0 Å². The zero-order valence-electron chi connectivity index (χ0n) is 8.50. The summed E-state index contributed by atoms with van der Waals surface area (Å²) in [6.45, 7) is 2.33. The third-order valence-electron chi connectivity index (χ3n) is 3.77. The lowest BCUT2D eigenvalue weighted by molar-refractivity contribution is 0.139. The highest BCUT2D eigenvalue weighted by Gasteiger charge is 2.30. The quantitative estimate of drug-likeness (QED) is 0.682. The second-order valence-corrected chi connectivity index (χ2v) is 4.79. The van der Waals surface area contributed by atoms with E-state index < -0.39 is 0 Å². The summed E-state index contributed by atoms with van der Waals surface area (Å²) in [5.41, 5.74) is 0. The van der Waals surface area contributed by atoms with Crippen LogP contribution in [0.15, 0.2) is 0 Å². The smallest absolute Gasteiger partial charge is 0.0693 e. The van der Waals surface area contributed by atoms with E-state index >= 15 is 0 Å². The molecule has 2 aliphatic carbocycles. The highest BCUT2D eigenvalue weighted by molar-refractivity contribution is 4.89. The summed E-state index contributed by atoms with van der Waals surface area (Å²) in [7, 11) is 0. The number of hydrogen-bond donors (Lipinski definition) is 2. The summed E-state index contributed by atoms with van der Waals surface area (Å²) >= 11 is 0. The lowest BCUT2D eigenvalue weighted by Crippen LogP contribution is -2.43. The van der Waals surface area contributed by atoms with Gasteiger partial charge in [0.25, 0.3) is 0 Å². The topological polar surface area (TPSA) is 32.3 Å². The standard InChI is InChI=1S/C11H21NO/c1-8-4-2-5-9(8)12-10-6-3-7-11(10)13/h8-13H,2-7H2,1H3.